The summed E-state index contributed by atoms with van der Waals surface area (Å²) >= 11 is 0. The average Bonchev–Trinajstić information content (AvgIpc) is 3.08. The maximum Gasteiger partial charge on any atom is 0.314 e. The van der Waals surface area contributed by atoms with Crippen molar-refractivity contribution in [3.05, 3.63) is 59.9 Å². The van der Waals surface area contributed by atoms with Gasteiger partial charge >= 0.3 is 6.03 Å². The van der Waals surface area contributed by atoms with Crippen molar-refractivity contribution in [2.24, 2.45) is 5.92 Å². The molecule has 2 aromatic carbocycles. The molecule has 1 aliphatic rings. The first kappa shape index (κ1) is 19.7. The number of hydrogen-bond acceptors (Lipinski definition) is 3. The van der Waals surface area contributed by atoms with Gasteiger partial charge in [-0.2, -0.15) is 0 Å². The second kappa shape index (κ2) is 9.21. The number of ether oxygens (including phenoxy) is 1. The Morgan fingerprint density at radius 3 is 2.54 bits per heavy atom. The van der Waals surface area contributed by atoms with E-state index < -0.39 is 0 Å². The number of hydrogen-bond donors (Lipinski definition) is 2. The monoisotopic (exact) mass is 385 g/mol. The lowest BCUT2D eigenvalue weighted by atomic mass is 10.1. The third kappa shape index (κ3) is 5.22. The van der Waals surface area contributed by atoms with Gasteiger partial charge in [0.15, 0.2) is 0 Å². The van der Waals surface area contributed by atoms with Crippen LogP contribution in [0.3, 0.4) is 0 Å². The summed E-state index contributed by atoms with van der Waals surface area (Å²) in [4.78, 5) is 25.8. The van der Waals surface area contributed by atoms with Gasteiger partial charge in [-0.15, -0.1) is 0 Å². The van der Waals surface area contributed by atoms with E-state index >= 15 is 0 Å². The Hall–Kier alpha value is -3.09. The van der Waals surface area contributed by atoms with Gasteiger partial charge in [0.2, 0.25) is 5.91 Å². The summed E-state index contributed by atoms with van der Waals surface area (Å²) in [6.45, 7) is 1.44. The summed E-state index contributed by atoms with van der Waals surface area (Å²) in [5.41, 5.74) is 1.79. The van der Waals surface area contributed by atoms with Crippen LogP contribution in [0.25, 0.3) is 0 Å². The van der Waals surface area contributed by atoms with Gasteiger partial charge in [0, 0.05) is 37.7 Å². The van der Waals surface area contributed by atoms with Crippen LogP contribution in [-0.4, -0.2) is 38.7 Å². The molecule has 3 amide bonds. The molecule has 2 aromatic rings. The maximum atomic E-state index is 13.0. The van der Waals surface area contributed by atoms with Crippen molar-refractivity contribution in [3.8, 4) is 5.75 Å². The quantitative estimate of drug-likeness (QED) is 0.770. The Morgan fingerprint density at radius 1 is 1.14 bits per heavy atom. The fourth-order valence-corrected chi connectivity index (χ4v) is 3.20. The SMILES string of the molecule is COc1ccc(CCNC(=O)NC[C@H]2CC(=O)N(c3ccc(F)cc3)C2)cc1. The summed E-state index contributed by atoms with van der Waals surface area (Å²) < 4.78 is 18.2. The minimum absolute atomic E-state index is 0.0154. The van der Waals surface area contributed by atoms with Gasteiger partial charge in [0.1, 0.15) is 11.6 Å². The highest BCUT2D eigenvalue weighted by molar-refractivity contribution is 5.95. The largest absolute Gasteiger partial charge is 0.497 e. The molecule has 148 valence electrons. The first-order valence-corrected chi connectivity index (χ1v) is 9.25. The van der Waals surface area contributed by atoms with Crippen LogP contribution in [0, 0.1) is 11.7 Å². The Labute approximate surface area is 163 Å². The molecule has 3 rings (SSSR count). The second-order valence-electron chi connectivity index (χ2n) is 6.79. The highest BCUT2D eigenvalue weighted by Gasteiger charge is 2.30. The van der Waals surface area contributed by atoms with Gasteiger partial charge in [-0.25, -0.2) is 9.18 Å². The van der Waals surface area contributed by atoms with Crippen molar-refractivity contribution in [1.29, 1.82) is 0 Å². The standard InChI is InChI=1S/C21H24FN3O3/c1-28-19-8-2-15(3-9-19)10-11-23-21(27)24-13-16-12-20(26)25(14-16)18-6-4-17(22)5-7-18/h2-9,16H,10-14H2,1H3,(H2,23,24,27)/t16-/m1/s1. The molecule has 0 radical (unpaired) electrons. The van der Waals surface area contributed by atoms with Gasteiger partial charge in [0.25, 0.3) is 0 Å². The Kier molecular flexibility index (Phi) is 6.47. The molecular formula is C21H24FN3O3. The van der Waals surface area contributed by atoms with E-state index in [9.17, 15) is 14.0 Å². The van der Waals surface area contributed by atoms with Crippen LogP contribution in [0.5, 0.6) is 5.75 Å². The molecule has 1 fully saturated rings. The first-order valence-electron chi connectivity index (χ1n) is 9.25. The van der Waals surface area contributed by atoms with Gasteiger partial charge in [-0.3, -0.25) is 4.79 Å². The van der Waals surface area contributed by atoms with E-state index in [0.717, 1.165) is 17.7 Å². The lowest BCUT2D eigenvalue weighted by Gasteiger charge is -2.17. The number of rotatable bonds is 7. The molecule has 1 saturated heterocycles. The number of anilines is 1. The highest BCUT2D eigenvalue weighted by Crippen LogP contribution is 2.24. The van der Waals surface area contributed by atoms with E-state index in [1.807, 2.05) is 24.3 Å². The molecule has 0 aromatic heterocycles. The number of nitrogens with one attached hydrogen (secondary N) is 2. The van der Waals surface area contributed by atoms with Crippen molar-refractivity contribution in [3.63, 3.8) is 0 Å². The van der Waals surface area contributed by atoms with Crippen LogP contribution in [0.4, 0.5) is 14.9 Å². The molecule has 1 heterocycles. The average molecular weight is 385 g/mol. The van der Waals surface area contributed by atoms with E-state index in [-0.39, 0.29) is 23.7 Å². The molecule has 7 heteroatoms. The molecule has 0 spiro atoms. The number of urea groups is 1. The fraction of sp³-hybridized carbons (Fsp3) is 0.333. The van der Waals surface area contributed by atoms with Crippen molar-refractivity contribution in [1.82, 2.24) is 10.6 Å². The summed E-state index contributed by atoms with van der Waals surface area (Å²) in [7, 11) is 1.62. The van der Waals surface area contributed by atoms with Crippen LogP contribution in [0.1, 0.15) is 12.0 Å². The predicted molar refractivity (Wildman–Crippen MR) is 105 cm³/mol. The molecule has 0 aliphatic carbocycles. The number of carbonyl (C=O) groups is 2. The normalized spacial score (nSPS) is 16.1. The Morgan fingerprint density at radius 2 is 1.86 bits per heavy atom. The van der Waals surface area contributed by atoms with E-state index in [2.05, 4.69) is 10.6 Å². The molecule has 6 nitrogen and oxygen atoms in total. The summed E-state index contributed by atoms with van der Waals surface area (Å²) in [5.74, 6) is 0.485. The number of carbonyl (C=O) groups excluding carboxylic acids is 2. The van der Waals surface area contributed by atoms with Crippen LogP contribution >= 0.6 is 0 Å². The second-order valence-corrected chi connectivity index (χ2v) is 6.79. The molecule has 1 aliphatic heterocycles. The summed E-state index contributed by atoms with van der Waals surface area (Å²) in [6, 6.07) is 13.3. The van der Waals surface area contributed by atoms with E-state index in [1.54, 1.807) is 24.1 Å². The Balaban J connectivity index is 1.38. The van der Waals surface area contributed by atoms with Crippen molar-refractivity contribution >= 4 is 17.6 Å². The zero-order chi connectivity index (χ0) is 19.9. The number of benzene rings is 2. The zero-order valence-corrected chi connectivity index (χ0v) is 15.8. The lowest BCUT2D eigenvalue weighted by Crippen LogP contribution is -2.39. The predicted octanol–water partition coefficient (Wildman–Crippen LogP) is 2.73. The minimum Gasteiger partial charge on any atom is -0.497 e. The number of methoxy groups -OCH3 is 1. The number of amides is 3. The molecule has 2 N–H and O–H groups in total. The Bertz CT molecular complexity index is 809. The van der Waals surface area contributed by atoms with Crippen LogP contribution in [-0.2, 0) is 11.2 Å². The van der Waals surface area contributed by atoms with Gasteiger partial charge < -0.3 is 20.3 Å². The summed E-state index contributed by atoms with van der Waals surface area (Å²) in [5, 5.41) is 5.64. The topological polar surface area (TPSA) is 70.7 Å². The van der Waals surface area contributed by atoms with Gasteiger partial charge in [-0.1, -0.05) is 12.1 Å². The lowest BCUT2D eigenvalue weighted by molar-refractivity contribution is -0.117. The van der Waals surface area contributed by atoms with Crippen LogP contribution in [0.2, 0.25) is 0 Å². The van der Waals surface area contributed by atoms with Crippen LogP contribution < -0.4 is 20.3 Å². The van der Waals surface area contributed by atoms with Crippen LogP contribution in [0.15, 0.2) is 48.5 Å². The van der Waals surface area contributed by atoms with Crippen molar-refractivity contribution in [2.45, 2.75) is 12.8 Å². The van der Waals surface area contributed by atoms with E-state index in [1.165, 1.54) is 12.1 Å². The maximum absolute atomic E-state index is 13.0. The first-order chi connectivity index (χ1) is 13.5. The molecular weight excluding hydrogens is 361 g/mol. The molecule has 0 unspecified atom stereocenters. The zero-order valence-electron chi connectivity index (χ0n) is 15.8. The van der Waals surface area contributed by atoms with E-state index in [0.29, 0.717) is 31.7 Å². The fourth-order valence-electron chi connectivity index (χ4n) is 3.20. The summed E-state index contributed by atoms with van der Waals surface area (Å²) in [6.07, 6.45) is 1.08. The molecule has 28 heavy (non-hydrogen) atoms. The number of nitrogens with zero attached hydrogens (tertiary/aromatic N) is 1. The van der Waals surface area contributed by atoms with Gasteiger partial charge in [-0.05, 0) is 48.4 Å². The van der Waals surface area contributed by atoms with Crippen molar-refractivity contribution in [2.75, 3.05) is 31.6 Å². The number of halogens is 1. The third-order valence-electron chi connectivity index (χ3n) is 4.75. The molecule has 1 atom stereocenters. The molecule has 0 saturated carbocycles. The van der Waals surface area contributed by atoms with Gasteiger partial charge in [0.05, 0.1) is 7.11 Å². The smallest absolute Gasteiger partial charge is 0.314 e. The third-order valence-corrected chi connectivity index (χ3v) is 4.75. The minimum atomic E-state index is -0.333. The van der Waals surface area contributed by atoms with E-state index in [4.69, 9.17) is 4.74 Å². The molecule has 0 bridgehead atoms. The van der Waals surface area contributed by atoms with Crippen molar-refractivity contribution < 1.29 is 18.7 Å². The highest BCUT2D eigenvalue weighted by atomic mass is 19.1.